The van der Waals surface area contributed by atoms with Gasteiger partial charge in [-0.3, -0.25) is 9.69 Å². The van der Waals surface area contributed by atoms with Crippen LogP contribution in [0.5, 0.6) is 11.5 Å². The van der Waals surface area contributed by atoms with E-state index < -0.39 is 23.9 Å². The van der Waals surface area contributed by atoms with E-state index in [1.54, 1.807) is 35.2 Å². The topological polar surface area (TPSA) is 73.2 Å². The fourth-order valence-corrected chi connectivity index (χ4v) is 7.39. The second-order valence-electron chi connectivity index (χ2n) is 13.2. The fourth-order valence-electron chi connectivity index (χ4n) is 7.39. The maximum atomic E-state index is 13.7. The summed E-state index contributed by atoms with van der Waals surface area (Å²) >= 11 is 0. The molecule has 0 aliphatic carbocycles. The van der Waals surface area contributed by atoms with E-state index in [1.165, 1.54) is 85.7 Å². The number of halogens is 3. The molecular weight excluding hydrogens is 680 g/mol. The molecule has 4 heterocycles. The Hall–Kier alpha value is -3.83. The van der Waals surface area contributed by atoms with Gasteiger partial charge in [0.2, 0.25) is 5.91 Å². The minimum absolute atomic E-state index is 0. The van der Waals surface area contributed by atoms with E-state index in [-0.39, 0.29) is 40.9 Å². The van der Waals surface area contributed by atoms with Crippen LogP contribution in [-0.2, 0) is 17.9 Å². The number of aliphatic hydroxyl groups is 1. The minimum atomic E-state index is -0.874. The van der Waals surface area contributed by atoms with E-state index >= 15 is 0 Å². The Balaban J connectivity index is 0.00000401. The molecule has 0 spiro atoms. The molecule has 0 saturated carbocycles. The van der Waals surface area contributed by atoms with Crippen LogP contribution in [0.2, 0.25) is 0 Å². The first-order valence-electron chi connectivity index (χ1n) is 16.4. The van der Waals surface area contributed by atoms with Gasteiger partial charge in [-0.05, 0) is 72.5 Å². The summed E-state index contributed by atoms with van der Waals surface area (Å²) in [6.07, 6.45) is -0.261. The molecule has 1 amide bonds. The molecule has 4 aliphatic heterocycles. The van der Waals surface area contributed by atoms with Gasteiger partial charge < -0.3 is 41.3 Å². The Labute approximate surface area is 290 Å². The first-order chi connectivity index (χ1) is 22.8. The maximum absolute atomic E-state index is 13.7. The van der Waals surface area contributed by atoms with Crippen molar-refractivity contribution in [3.8, 4) is 11.5 Å². The van der Waals surface area contributed by atoms with Crippen molar-refractivity contribution < 1.29 is 50.0 Å². The van der Waals surface area contributed by atoms with Gasteiger partial charge in [0.25, 0.3) is 0 Å². The van der Waals surface area contributed by atoms with Gasteiger partial charge in [0.1, 0.15) is 36.3 Å². The summed E-state index contributed by atoms with van der Waals surface area (Å²) in [5.41, 5.74) is 4.00. The van der Waals surface area contributed by atoms with Crippen molar-refractivity contribution in [2.75, 3.05) is 44.2 Å². The second kappa shape index (κ2) is 14.3. The van der Waals surface area contributed by atoms with Gasteiger partial charge in [0.15, 0.2) is 0 Å². The normalized spacial score (nSPS) is 23.7. The van der Waals surface area contributed by atoms with Gasteiger partial charge in [-0.2, -0.15) is 0 Å². The predicted molar refractivity (Wildman–Crippen MR) is 175 cm³/mol. The lowest BCUT2D eigenvalue weighted by Crippen LogP contribution is -3.00. The molecule has 3 atom stereocenters. The average molecular weight is 721 g/mol. The summed E-state index contributed by atoms with van der Waals surface area (Å²) in [7, 11) is 0. The van der Waals surface area contributed by atoms with E-state index in [0.29, 0.717) is 35.6 Å². The van der Waals surface area contributed by atoms with Crippen LogP contribution in [0.4, 0.5) is 14.5 Å². The van der Waals surface area contributed by atoms with Crippen LogP contribution in [0.1, 0.15) is 47.2 Å². The number of rotatable bonds is 11. The van der Waals surface area contributed by atoms with Gasteiger partial charge in [0.05, 0.1) is 37.7 Å². The second-order valence-corrected chi connectivity index (χ2v) is 13.2. The molecule has 0 unspecified atom stereocenters. The highest BCUT2D eigenvalue weighted by molar-refractivity contribution is 6.03. The van der Waals surface area contributed by atoms with E-state index in [4.69, 9.17) is 4.74 Å². The highest BCUT2D eigenvalue weighted by Crippen LogP contribution is 2.49. The van der Waals surface area contributed by atoms with E-state index in [9.17, 15) is 23.8 Å². The Morgan fingerprint density at radius 2 is 1.44 bits per heavy atom. The Kier molecular flexibility index (Phi) is 10.2. The molecule has 48 heavy (non-hydrogen) atoms. The number of amides is 1. The van der Waals surface area contributed by atoms with E-state index in [2.05, 4.69) is 29.2 Å². The highest BCUT2D eigenvalue weighted by Gasteiger charge is 2.49. The van der Waals surface area contributed by atoms with Crippen molar-refractivity contribution in [2.45, 2.75) is 38.1 Å². The summed E-state index contributed by atoms with van der Waals surface area (Å²) in [5, 5.41) is 21.9. The summed E-state index contributed by atoms with van der Waals surface area (Å²) in [6.45, 7) is 8.66. The quantitative estimate of drug-likeness (QED) is 0.184. The first kappa shape index (κ1) is 34.0. The van der Waals surface area contributed by atoms with Crippen molar-refractivity contribution in [3.63, 3.8) is 0 Å². The molecule has 4 saturated heterocycles. The molecule has 0 aromatic heterocycles. The molecule has 4 aromatic rings. The van der Waals surface area contributed by atoms with Crippen LogP contribution >= 0.6 is 0 Å². The molecule has 7 nitrogen and oxygen atoms in total. The molecule has 4 fully saturated rings. The minimum Gasteiger partial charge on any atom is -1.00 e. The van der Waals surface area contributed by atoms with Gasteiger partial charge in [-0.1, -0.05) is 36.4 Å². The zero-order valence-corrected chi connectivity index (χ0v) is 28.2. The number of quaternary nitrogens is 1. The van der Waals surface area contributed by atoms with E-state index in [0.717, 1.165) is 12.1 Å². The zero-order valence-electron chi connectivity index (χ0n) is 26.6. The molecule has 4 aliphatic rings. The number of carbonyl (C=O) groups excluding carboxylic acids is 1. The third-order valence-electron chi connectivity index (χ3n) is 10.3. The summed E-state index contributed by atoms with van der Waals surface area (Å²) in [4.78, 5) is 17.5. The third kappa shape index (κ3) is 7.12. The number of fused-ring (bicyclic) bond motifs is 3. The van der Waals surface area contributed by atoms with Crippen LogP contribution in [0.25, 0.3) is 0 Å². The number of hydrogen-bond donors (Lipinski definition) is 2. The summed E-state index contributed by atoms with van der Waals surface area (Å²) < 4.78 is 34.3. The Bertz CT molecular complexity index is 1700. The number of ether oxygens (including phenoxy) is 1. The molecule has 2 N–H and O–H groups in total. The lowest BCUT2D eigenvalue weighted by molar-refractivity contribution is -0.953. The number of hydrogen-bond acceptors (Lipinski definition) is 5. The molecule has 8 rings (SSSR count). The molecular formula is C38H40BrF2N3O4. The molecule has 252 valence electrons. The summed E-state index contributed by atoms with van der Waals surface area (Å²) in [5.74, 6) is -1.01. The van der Waals surface area contributed by atoms with Crippen molar-refractivity contribution in [3.05, 3.63) is 125 Å². The van der Waals surface area contributed by atoms with Crippen molar-refractivity contribution in [1.82, 2.24) is 4.90 Å². The smallest absolute Gasteiger partial charge is 0.233 e. The maximum Gasteiger partial charge on any atom is 0.233 e. The largest absolute Gasteiger partial charge is 1.00 e. The Morgan fingerprint density at radius 3 is 2.06 bits per heavy atom. The molecule has 0 radical (unpaired) electrons. The van der Waals surface area contributed by atoms with Crippen LogP contribution in [0, 0.1) is 17.6 Å². The number of aliphatic hydroxyl groups excluding tert-OH is 1. The van der Waals surface area contributed by atoms with Crippen molar-refractivity contribution in [1.29, 1.82) is 0 Å². The lowest BCUT2D eigenvalue weighted by atomic mass is 9.78. The van der Waals surface area contributed by atoms with Crippen molar-refractivity contribution >= 4 is 11.6 Å². The number of β-lactam (4-membered cyclic amide) rings is 1. The number of nitrogens with zero attached hydrogens (tertiary/aromatic N) is 3. The number of benzene rings is 4. The van der Waals surface area contributed by atoms with Crippen molar-refractivity contribution in [2.24, 2.45) is 5.92 Å². The van der Waals surface area contributed by atoms with Crippen LogP contribution in [0.15, 0.2) is 91.0 Å². The van der Waals surface area contributed by atoms with Crippen LogP contribution < -0.4 is 26.6 Å². The highest BCUT2D eigenvalue weighted by atomic mass is 79.9. The fraction of sp³-hybridized carbons (Fsp3) is 0.342. The first-order valence-corrected chi connectivity index (χ1v) is 16.4. The SMILES string of the molecule is O=C1[C@H](CC[C@H](O)c2ccc(F)cc2)[C@@H](c2ccc(OCc3ccc(C[N+]45CCN(CC4)CC5)cc3)cc2O)N1c1ccc(F)cc1.[Br-]. The monoisotopic (exact) mass is 719 g/mol. The Morgan fingerprint density at radius 1 is 0.833 bits per heavy atom. The average Bonchev–Trinajstić information content (AvgIpc) is 3.09. The van der Waals surface area contributed by atoms with Gasteiger partial charge in [-0.15, -0.1) is 0 Å². The van der Waals surface area contributed by atoms with E-state index in [1.807, 2.05) is 0 Å². The molecule has 10 heteroatoms. The van der Waals surface area contributed by atoms with Gasteiger partial charge >= 0.3 is 0 Å². The number of aromatic hydroxyl groups is 1. The number of piperazine rings is 3. The number of anilines is 1. The number of phenolic OH excluding ortho intramolecular Hbond substituents is 1. The number of carbonyl (C=O) groups is 1. The zero-order chi connectivity index (χ0) is 32.5. The molecule has 2 bridgehead atoms. The van der Waals surface area contributed by atoms with Gasteiger partial charge in [0, 0.05) is 42.5 Å². The lowest BCUT2D eigenvalue weighted by Gasteiger charge is -2.50. The van der Waals surface area contributed by atoms with Crippen LogP contribution in [0.3, 0.4) is 0 Å². The standard InChI is InChI=1S/C38H39F2N3O4.BrH/c39-29-7-5-28(6-8-29)35(44)16-15-34-37(42(38(34)46)31-11-9-30(40)10-12-31)33-14-13-32(23-36(33)45)47-25-27-3-1-26(2-4-27)24-43-20-17-41(18-21-43)19-22-43;/h1-14,23,34-35,37,44H,15-22,24-25H2;1H/t34-,35+,37-;/m1./s1. The third-order valence-corrected chi connectivity index (χ3v) is 10.3. The van der Waals surface area contributed by atoms with Gasteiger partial charge in [-0.25, -0.2) is 8.78 Å². The summed E-state index contributed by atoms with van der Waals surface area (Å²) in [6, 6.07) is 24.5. The van der Waals surface area contributed by atoms with Crippen LogP contribution in [-0.4, -0.2) is 64.8 Å². The molecule has 4 aromatic carbocycles. The predicted octanol–water partition coefficient (Wildman–Crippen LogP) is 3.12. The number of phenols is 1.